The third kappa shape index (κ3) is 3.74. The normalized spacial score (nSPS) is 24.7. The van der Waals surface area contributed by atoms with E-state index in [1.165, 1.54) is 24.1 Å². The van der Waals surface area contributed by atoms with Crippen LogP contribution in [0.25, 0.3) is 11.8 Å². The molecular weight excluding hydrogens is 362 g/mol. The van der Waals surface area contributed by atoms with E-state index in [1.807, 2.05) is 0 Å². The van der Waals surface area contributed by atoms with Gasteiger partial charge in [0, 0.05) is 50.0 Å². The van der Waals surface area contributed by atoms with Crippen LogP contribution in [0.1, 0.15) is 42.9 Å². The zero-order valence-electron chi connectivity index (χ0n) is 17.1. The SMILES string of the molecule is CC[C@@H]1CCN(C2NC(c3ccc(N4CCOCC4)cc3)=Cc3nccnc32)C1. The predicted octanol–water partition coefficient (Wildman–Crippen LogP) is 3.15. The van der Waals surface area contributed by atoms with Crippen LogP contribution in [0.5, 0.6) is 0 Å². The molecule has 3 aliphatic rings. The summed E-state index contributed by atoms with van der Waals surface area (Å²) in [5, 5.41) is 3.76. The van der Waals surface area contributed by atoms with Crippen molar-refractivity contribution in [2.45, 2.75) is 25.9 Å². The smallest absolute Gasteiger partial charge is 0.125 e. The van der Waals surface area contributed by atoms with Crippen molar-refractivity contribution in [3.63, 3.8) is 0 Å². The number of rotatable bonds is 4. The summed E-state index contributed by atoms with van der Waals surface area (Å²) in [6.45, 7) is 8.04. The van der Waals surface area contributed by atoms with Crippen LogP contribution in [0, 0.1) is 5.92 Å². The molecule has 4 heterocycles. The highest BCUT2D eigenvalue weighted by Gasteiger charge is 2.33. The third-order valence-corrected chi connectivity index (χ3v) is 6.40. The molecule has 1 aromatic carbocycles. The van der Waals surface area contributed by atoms with Crippen LogP contribution in [-0.2, 0) is 4.74 Å². The number of fused-ring (bicyclic) bond motifs is 1. The molecule has 6 nitrogen and oxygen atoms in total. The highest BCUT2D eigenvalue weighted by atomic mass is 16.5. The molecule has 2 aromatic rings. The van der Waals surface area contributed by atoms with Gasteiger partial charge in [0.15, 0.2) is 0 Å². The maximum absolute atomic E-state index is 5.47. The number of hydrogen-bond acceptors (Lipinski definition) is 6. The maximum atomic E-state index is 5.47. The van der Waals surface area contributed by atoms with Gasteiger partial charge in [-0.3, -0.25) is 14.9 Å². The molecule has 3 aliphatic heterocycles. The molecule has 2 atom stereocenters. The molecule has 0 aliphatic carbocycles. The van der Waals surface area contributed by atoms with E-state index in [0.29, 0.717) is 0 Å². The second-order valence-electron chi connectivity index (χ2n) is 8.14. The van der Waals surface area contributed by atoms with Crippen LogP contribution in [0.15, 0.2) is 36.7 Å². The monoisotopic (exact) mass is 391 g/mol. The van der Waals surface area contributed by atoms with Crippen molar-refractivity contribution < 1.29 is 4.74 Å². The van der Waals surface area contributed by atoms with Crippen LogP contribution in [0.4, 0.5) is 5.69 Å². The fraction of sp³-hybridized carbons (Fsp3) is 0.478. The lowest BCUT2D eigenvalue weighted by Crippen LogP contribution is -2.39. The summed E-state index contributed by atoms with van der Waals surface area (Å²) < 4.78 is 5.47. The minimum absolute atomic E-state index is 0.0918. The van der Waals surface area contributed by atoms with Crippen LogP contribution in [0.2, 0.25) is 0 Å². The number of ether oxygens (including phenoxy) is 1. The molecule has 6 heteroatoms. The Morgan fingerprint density at radius 2 is 1.86 bits per heavy atom. The number of hydrogen-bond donors (Lipinski definition) is 1. The Morgan fingerprint density at radius 1 is 1.07 bits per heavy atom. The Balaban J connectivity index is 1.41. The zero-order chi connectivity index (χ0) is 19.6. The first-order valence-electron chi connectivity index (χ1n) is 10.8. The number of nitrogens with one attached hydrogen (secondary N) is 1. The molecule has 2 saturated heterocycles. The molecule has 152 valence electrons. The molecule has 0 spiro atoms. The van der Waals surface area contributed by atoms with Gasteiger partial charge < -0.3 is 15.0 Å². The standard InChI is InChI=1S/C23H29N5O/c1-2-17-7-10-28(16-17)23-22-21(24-8-9-25-22)15-20(26-23)18-3-5-19(6-4-18)27-11-13-29-14-12-27/h3-6,8-9,15,17,23,26H,2,7,10-14,16H2,1H3/t17-,23?/m1/s1. The van der Waals surface area contributed by atoms with Crippen molar-refractivity contribution in [2.24, 2.45) is 5.92 Å². The fourth-order valence-electron chi connectivity index (χ4n) is 4.61. The van der Waals surface area contributed by atoms with Gasteiger partial charge in [-0.2, -0.15) is 0 Å². The van der Waals surface area contributed by atoms with E-state index < -0.39 is 0 Å². The van der Waals surface area contributed by atoms with Gasteiger partial charge in [0.1, 0.15) is 11.9 Å². The molecular formula is C23H29N5O. The number of aromatic nitrogens is 2. The Hall–Kier alpha value is -2.44. The molecule has 0 saturated carbocycles. The number of benzene rings is 1. The van der Waals surface area contributed by atoms with Gasteiger partial charge in [-0.1, -0.05) is 25.5 Å². The van der Waals surface area contributed by atoms with E-state index in [4.69, 9.17) is 4.74 Å². The van der Waals surface area contributed by atoms with Gasteiger partial charge in [-0.05, 0) is 36.1 Å². The summed E-state index contributed by atoms with van der Waals surface area (Å²) in [5.74, 6) is 0.777. The second-order valence-corrected chi connectivity index (χ2v) is 8.14. The molecule has 29 heavy (non-hydrogen) atoms. The number of nitrogens with zero attached hydrogens (tertiary/aromatic N) is 4. The zero-order valence-corrected chi connectivity index (χ0v) is 17.1. The quantitative estimate of drug-likeness (QED) is 0.864. The lowest BCUT2D eigenvalue weighted by molar-refractivity contribution is 0.122. The summed E-state index contributed by atoms with van der Waals surface area (Å²) in [6.07, 6.45) is 8.32. The van der Waals surface area contributed by atoms with Gasteiger partial charge in [0.25, 0.3) is 0 Å². The summed E-state index contributed by atoms with van der Waals surface area (Å²) >= 11 is 0. The van der Waals surface area contributed by atoms with Crippen LogP contribution in [-0.4, -0.2) is 54.3 Å². The highest BCUT2D eigenvalue weighted by molar-refractivity contribution is 5.82. The van der Waals surface area contributed by atoms with Crippen molar-refractivity contribution in [3.8, 4) is 0 Å². The lowest BCUT2D eigenvalue weighted by Gasteiger charge is -2.34. The average Bonchev–Trinajstić information content (AvgIpc) is 3.28. The summed E-state index contributed by atoms with van der Waals surface area (Å²) in [7, 11) is 0. The van der Waals surface area contributed by atoms with Gasteiger partial charge in [0.05, 0.1) is 18.9 Å². The molecule has 1 unspecified atom stereocenters. The Morgan fingerprint density at radius 3 is 2.62 bits per heavy atom. The fourth-order valence-corrected chi connectivity index (χ4v) is 4.61. The first-order valence-corrected chi connectivity index (χ1v) is 10.8. The molecule has 1 N–H and O–H groups in total. The van der Waals surface area contributed by atoms with E-state index in [0.717, 1.165) is 62.4 Å². The van der Waals surface area contributed by atoms with Gasteiger partial charge in [0.2, 0.25) is 0 Å². The van der Waals surface area contributed by atoms with Gasteiger partial charge >= 0.3 is 0 Å². The number of anilines is 1. The van der Waals surface area contributed by atoms with Crippen LogP contribution in [0.3, 0.4) is 0 Å². The molecule has 0 amide bonds. The Bertz CT molecular complexity index is 875. The minimum Gasteiger partial charge on any atom is -0.378 e. The molecule has 5 rings (SSSR count). The van der Waals surface area contributed by atoms with Crippen molar-refractivity contribution in [2.75, 3.05) is 44.3 Å². The summed E-state index contributed by atoms with van der Waals surface area (Å²) in [5.41, 5.74) is 5.59. The second kappa shape index (κ2) is 8.13. The topological polar surface area (TPSA) is 53.5 Å². The van der Waals surface area contributed by atoms with E-state index in [2.05, 4.69) is 62.3 Å². The summed E-state index contributed by atoms with van der Waals surface area (Å²) in [4.78, 5) is 14.2. The van der Waals surface area contributed by atoms with Crippen molar-refractivity contribution in [1.82, 2.24) is 20.2 Å². The molecule has 0 radical (unpaired) electrons. The van der Waals surface area contributed by atoms with E-state index in [9.17, 15) is 0 Å². The minimum atomic E-state index is 0.0918. The largest absolute Gasteiger partial charge is 0.378 e. The number of morpholine rings is 1. The first kappa shape index (κ1) is 18.6. The van der Waals surface area contributed by atoms with E-state index >= 15 is 0 Å². The molecule has 0 bridgehead atoms. The Labute approximate surface area is 172 Å². The van der Waals surface area contributed by atoms with E-state index in [-0.39, 0.29) is 6.17 Å². The first-order chi connectivity index (χ1) is 14.3. The lowest BCUT2D eigenvalue weighted by atomic mass is 10.0. The van der Waals surface area contributed by atoms with Crippen molar-refractivity contribution >= 4 is 17.5 Å². The maximum Gasteiger partial charge on any atom is 0.125 e. The van der Waals surface area contributed by atoms with Crippen LogP contribution < -0.4 is 10.2 Å². The van der Waals surface area contributed by atoms with E-state index in [1.54, 1.807) is 12.4 Å². The Kier molecular flexibility index (Phi) is 5.21. The molecule has 1 aromatic heterocycles. The third-order valence-electron chi connectivity index (χ3n) is 6.40. The van der Waals surface area contributed by atoms with Gasteiger partial charge in [-0.25, -0.2) is 0 Å². The summed E-state index contributed by atoms with van der Waals surface area (Å²) in [6, 6.07) is 8.85. The average molecular weight is 392 g/mol. The van der Waals surface area contributed by atoms with Crippen LogP contribution >= 0.6 is 0 Å². The number of likely N-dealkylation sites (tertiary alicyclic amines) is 1. The predicted molar refractivity (Wildman–Crippen MR) is 115 cm³/mol. The highest BCUT2D eigenvalue weighted by Crippen LogP contribution is 2.34. The molecule has 2 fully saturated rings. The van der Waals surface area contributed by atoms with Crippen molar-refractivity contribution in [1.29, 1.82) is 0 Å². The van der Waals surface area contributed by atoms with Gasteiger partial charge in [-0.15, -0.1) is 0 Å². The van der Waals surface area contributed by atoms with Crippen molar-refractivity contribution in [3.05, 3.63) is 53.6 Å².